The van der Waals surface area contributed by atoms with E-state index in [1.165, 1.54) is 4.80 Å². The van der Waals surface area contributed by atoms with Crippen LogP contribution in [0, 0.1) is 0 Å². The number of aryl methyl sites for hydroxylation is 1. The SMILES string of the molecule is CCNC(CCC(C)OC)Cc1nnn(C)n1. The van der Waals surface area contributed by atoms with Crippen LogP contribution in [0.1, 0.15) is 32.5 Å². The van der Waals surface area contributed by atoms with Crippen LogP contribution >= 0.6 is 0 Å². The van der Waals surface area contributed by atoms with Gasteiger partial charge in [0.15, 0.2) is 5.82 Å². The lowest BCUT2D eigenvalue weighted by molar-refractivity contribution is 0.106. The first-order chi connectivity index (χ1) is 8.15. The standard InChI is InChI=1S/C11H23N5O/c1-5-12-10(7-6-9(2)17-4)8-11-13-15-16(3)14-11/h9-10,12H,5-8H2,1-4H3. The van der Waals surface area contributed by atoms with Gasteiger partial charge in [0.1, 0.15) is 0 Å². The van der Waals surface area contributed by atoms with Crippen LogP contribution in [0.3, 0.4) is 0 Å². The number of methoxy groups -OCH3 is 1. The Morgan fingerprint density at radius 1 is 1.41 bits per heavy atom. The number of aromatic nitrogens is 4. The Kier molecular flexibility index (Phi) is 6.07. The third-order valence-corrected chi connectivity index (χ3v) is 2.80. The highest BCUT2D eigenvalue weighted by Crippen LogP contribution is 2.07. The first-order valence-corrected chi connectivity index (χ1v) is 6.14. The maximum atomic E-state index is 5.26. The van der Waals surface area contributed by atoms with Gasteiger partial charge in [0.2, 0.25) is 0 Å². The summed E-state index contributed by atoms with van der Waals surface area (Å²) in [6.07, 6.45) is 3.21. The summed E-state index contributed by atoms with van der Waals surface area (Å²) in [5.74, 6) is 0.795. The average Bonchev–Trinajstić information content (AvgIpc) is 2.71. The fraction of sp³-hybridized carbons (Fsp3) is 0.909. The minimum Gasteiger partial charge on any atom is -0.382 e. The summed E-state index contributed by atoms with van der Waals surface area (Å²) in [5.41, 5.74) is 0. The van der Waals surface area contributed by atoms with Crippen molar-refractivity contribution < 1.29 is 4.74 Å². The molecule has 2 atom stereocenters. The predicted molar refractivity (Wildman–Crippen MR) is 65.7 cm³/mol. The molecule has 1 aromatic rings. The molecule has 0 amide bonds. The highest BCUT2D eigenvalue weighted by molar-refractivity contribution is 4.84. The molecule has 1 rings (SSSR count). The lowest BCUT2D eigenvalue weighted by atomic mass is 10.1. The summed E-state index contributed by atoms with van der Waals surface area (Å²) in [4.78, 5) is 1.50. The molecule has 2 unspecified atom stereocenters. The van der Waals surface area contributed by atoms with Crippen molar-refractivity contribution in [2.75, 3.05) is 13.7 Å². The second kappa shape index (κ2) is 7.34. The van der Waals surface area contributed by atoms with E-state index in [0.717, 1.165) is 31.6 Å². The number of tetrazole rings is 1. The highest BCUT2D eigenvalue weighted by atomic mass is 16.5. The van der Waals surface area contributed by atoms with Gasteiger partial charge in [0, 0.05) is 19.6 Å². The molecule has 0 aliphatic heterocycles. The lowest BCUT2D eigenvalue weighted by Gasteiger charge is -2.18. The van der Waals surface area contributed by atoms with Gasteiger partial charge >= 0.3 is 0 Å². The first-order valence-electron chi connectivity index (χ1n) is 6.14. The molecule has 0 saturated carbocycles. The van der Waals surface area contributed by atoms with Crippen LogP contribution < -0.4 is 5.32 Å². The van der Waals surface area contributed by atoms with E-state index in [0.29, 0.717) is 12.1 Å². The number of rotatable bonds is 8. The summed E-state index contributed by atoms with van der Waals surface area (Å²) < 4.78 is 5.26. The van der Waals surface area contributed by atoms with E-state index >= 15 is 0 Å². The van der Waals surface area contributed by atoms with E-state index < -0.39 is 0 Å². The second-order valence-corrected chi connectivity index (χ2v) is 4.28. The molecule has 0 aromatic carbocycles. The molecule has 1 aromatic heterocycles. The van der Waals surface area contributed by atoms with E-state index in [9.17, 15) is 0 Å². The van der Waals surface area contributed by atoms with Gasteiger partial charge in [-0.15, -0.1) is 10.2 Å². The van der Waals surface area contributed by atoms with Crippen LogP contribution in [-0.2, 0) is 18.2 Å². The van der Waals surface area contributed by atoms with Crippen LogP contribution in [0.5, 0.6) is 0 Å². The Balaban J connectivity index is 2.42. The van der Waals surface area contributed by atoms with E-state index in [1.807, 2.05) is 0 Å². The zero-order valence-corrected chi connectivity index (χ0v) is 11.2. The van der Waals surface area contributed by atoms with Crippen molar-refractivity contribution in [1.82, 2.24) is 25.5 Å². The van der Waals surface area contributed by atoms with Crippen molar-refractivity contribution in [3.63, 3.8) is 0 Å². The van der Waals surface area contributed by atoms with Gasteiger partial charge in [-0.05, 0) is 31.5 Å². The fourth-order valence-electron chi connectivity index (χ4n) is 1.74. The zero-order chi connectivity index (χ0) is 12.7. The van der Waals surface area contributed by atoms with E-state index in [1.54, 1.807) is 14.2 Å². The molecule has 0 saturated heterocycles. The minimum absolute atomic E-state index is 0.297. The number of hydrogen-bond donors (Lipinski definition) is 1. The normalized spacial score (nSPS) is 14.8. The summed E-state index contributed by atoms with van der Waals surface area (Å²) >= 11 is 0. The Labute approximate surface area is 103 Å². The van der Waals surface area contributed by atoms with Gasteiger partial charge in [-0.25, -0.2) is 0 Å². The molecule has 0 spiro atoms. The maximum Gasteiger partial charge on any atom is 0.176 e. The number of nitrogens with one attached hydrogen (secondary N) is 1. The number of ether oxygens (including phenoxy) is 1. The van der Waals surface area contributed by atoms with Crippen LogP contribution in [0.4, 0.5) is 0 Å². The molecule has 0 aliphatic carbocycles. The summed E-state index contributed by atoms with van der Waals surface area (Å²) in [6.45, 7) is 5.15. The second-order valence-electron chi connectivity index (χ2n) is 4.28. The monoisotopic (exact) mass is 241 g/mol. The van der Waals surface area contributed by atoms with Crippen molar-refractivity contribution in [2.24, 2.45) is 7.05 Å². The third kappa shape index (κ3) is 5.23. The fourth-order valence-corrected chi connectivity index (χ4v) is 1.74. The molecule has 6 heteroatoms. The third-order valence-electron chi connectivity index (χ3n) is 2.80. The van der Waals surface area contributed by atoms with Crippen molar-refractivity contribution >= 4 is 0 Å². The molecule has 0 bridgehead atoms. The predicted octanol–water partition coefficient (Wildman–Crippen LogP) is 0.546. The molecule has 0 fully saturated rings. The van der Waals surface area contributed by atoms with Crippen molar-refractivity contribution in [3.05, 3.63) is 5.82 Å². The molecule has 6 nitrogen and oxygen atoms in total. The van der Waals surface area contributed by atoms with E-state index in [4.69, 9.17) is 4.74 Å². The van der Waals surface area contributed by atoms with Gasteiger partial charge in [0.25, 0.3) is 0 Å². The van der Waals surface area contributed by atoms with Crippen molar-refractivity contribution in [1.29, 1.82) is 0 Å². The Morgan fingerprint density at radius 2 is 2.18 bits per heavy atom. The number of hydrogen-bond acceptors (Lipinski definition) is 5. The lowest BCUT2D eigenvalue weighted by Crippen LogP contribution is -2.32. The molecule has 0 aliphatic rings. The van der Waals surface area contributed by atoms with Crippen LogP contribution in [0.15, 0.2) is 0 Å². The van der Waals surface area contributed by atoms with Crippen molar-refractivity contribution in [2.45, 2.75) is 45.3 Å². The largest absolute Gasteiger partial charge is 0.382 e. The average molecular weight is 241 g/mol. The molecule has 0 radical (unpaired) electrons. The topological polar surface area (TPSA) is 64.9 Å². The quantitative estimate of drug-likeness (QED) is 0.720. The molecule has 17 heavy (non-hydrogen) atoms. The zero-order valence-electron chi connectivity index (χ0n) is 11.2. The summed E-state index contributed by atoms with van der Waals surface area (Å²) in [5, 5.41) is 15.5. The van der Waals surface area contributed by atoms with Gasteiger partial charge in [-0.3, -0.25) is 0 Å². The maximum absolute atomic E-state index is 5.26. The van der Waals surface area contributed by atoms with Crippen LogP contribution in [0.25, 0.3) is 0 Å². The smallest absolute Gasteiger partial charge is 0.176 e. The van der Waals surface area contributed by atoms with Gasteiger partial charge in [-0.2, -0.15) is 4.80 Å². The first kappa shape index (κ1) is 14.1. The molecule has 1 N–H and O–H groups in total. The Morgan fingerprint density at radius 3 is 2.71 bits per heavy atom. The van der Waals surface area contributed by atoms with Crippen LogP contribution in [0.2, 0.25) is 0 Å². The van der Waals surface area contributed by atoms with E-state index in [2.05, 4.69) is 34.6 Å². The Hall–Kier alpha value is -1.01. The van der Waals surface area contributed by atoms with Gasteiger partial charge < -0.3 is 10.1 Å². The molecular formula is C11H23N5O. The molecular weight excluding hydrogens is 218 g/mol. The minimum atomic E-state index is 0.297. The van der Waals surface area contributed by atoms with Gasteiger partial charge in [0.05, 0.1) is 13.2 Å². The summed E-state index contributed by atoms with van der Waals surface area (Å²) in [6, 6.07) is 0.391. The highest BCUT2D eigenvalue weighted by Gasteiger charge is 2.13. The van der Waals surface area contributed by atoms with Crippen LogP contribution in [-0.4, -0.2) is 46.0 Å². The van der Waals surface area contributed by atoms with Crippen molar-refractivity contribution in [3.8, 4) is 0 Å². The Bertz CT molecular complexity index is 315. The molecule has 1 heterocycles. The molecule has 98 valence electrons. The van der Waals surface area contributed by atoms with E-state index in [-0.39, 0.29) is 0 Å². The number of nitrogens with zero attached hydrogens (tertiary/aromatic N) is 4. The van der Waals surface area contributed by atoms with Gasteiger partial charge in [-0.1, -0.05) is 6.92 Å². The summed E-state index contributed by atoms with van der Waals surface area (Å²) in [7, 11) is 3.53. The number of likely N-dealkylation sites (N-methyl/N-ethyl adjacent to an activating group) is 1.